The highest BCUT2D eigenvalue weighted by Gasteiger charge is 2.40. The fourth-order valence-corrected chi connectivity index (χ4v) is 3.59. The molecule has 0 fully saturated rings. The van der Waals surface area contributed by atoms with Gasteiger partial charge in [0.15, 0.2) is 0 Å². The Morgan fingerprint density at radius 3 is 2.65 bits per heavy atom. The fraction of sp³-hybridized carbons (Fsp3) is 0.143. The maximum Gasteiger partial charge on any atom is 0.213 e. The van der Waals surface area contributed by atoms with Crippen molar-refractivity contribution >= 4 is 5.71 Å². The number of hydrogen-bond donors (Lipinski definition) is 0. The molecule has 26 heavy (non-hydrogen) atoms. The van der Waals surface area contributed by atoms with Crippen LogP contribution in [0.5, 0.6) is 5.75 Å². The first-order valence-corrected chi connectivity index (χ1v) is 8.57. The minimum Gasteiger partial charge on any atom is -0.464 e. The smallest absolute Gasteiger partial charge is 0.213 e. The maximum absolute atomic E-state index is 13.4. The monoisotopic (exact) mass is 345 g/mol. The molecule has 0 saturated heterocycles. The van der Waals surface area contributed by atoms with E-state index < -0.39 is 0 Å². The standard InChI is InChI=1S/C21H16FN3O/c22-16-9-7-14(8-10-16)21-25-19(17-5-1-2-6-20(17)26-21)12-18(24-25)15-4-3-11-23-13-15/h1-11,13,19,21H,12H2/t19-,21-/m0/s1. The first kappa shape index (κ1) is 15.1. The summed E-state index contributed by atoms with van der Waals surface area (Å²) < 4.78 is 19.6. The molecule has 1 aromatic heterocycles. The zero-order valence-electron chi connectivity index (χ0n) is 13.9. The number of aromatic nitrogens is 1. The molecule has 0 unspecified atom stereocenters. The molecule has 0 N–H and O–H groups in total. The van der Waals surface area contributed by atoms with Gasteiger partial charge in [0.25, 0.3) is 0 Å². The Labute approximate surface area is 150 Å². The number of rotatable bonds is 2. The van der Waals surface area contributed by atoms with E-state index in [4.69, 9.17) is 9.84 Å². The fourth-order valence-electron chi connectivity index (χ4n) is 3.59. The van der Waals surface area contributed by atoms with E-state index in [9.17, 15) is 4.39 Å². The van der Waals surface area contributed by atoms with Crippen LogP contribution in [-0.4, -0.2) is 15.7 Å². The lowest BCUT2D eigenvalue weighted by atomic mass is 9.96. The average Bonchev–Trinajstić information content (AvgIpc) is 3.14. The van der Waals surface area contributed by atoms with Gasteiger partial charge in [-0.05, 0) is 24.3 Å². The summed E-state index contributed by atoms with van der Waals surface area (Å²) in [5.41, 5.74) is 3.99. The summed E-state index contributed by atoms with van der Waals surface area (Å²) in [6.45, 7) is 0. The second-order valence-electron chi connectivity index (χ2n) is 6.45. The second-order valence-corrected chi connectivity index (χ2v) is 6.45. The van der Waals surface area contributed by atoms with Crippen LogP contribution in [0.3, 0.4) is 0 Å². The molecular weight excluding hydrogens is 329 g/mol. The highest BCUT2D eigenvalue weighted by atomic mass is 19.1. The minimum absolute atomic E-state index is 0.0882. The SMILES string of the molecule is Fc1ccc([C@@H]2Oc3ccccc3[C@@H]3CC(c4cccnc4)=NN32)cc1. The molecule has 3 aromatic rings. The molecule has 128 valence electrons. The lowest BCUT2D eigenvalue weighted by Gasteiger charge is -2.38. The summed E-state index contributed by atoms with van der Waals surface area (Å²) >= 11 is 0. The van der Waals surface area contributed by atoms with Crippen molar-refractivity contribution in [1.82, 2.24) is 9.99 Å². The predicted molar refractivity (Wildman–Crippen MR) is 96.2 cm³/mol. The van der Waals surface area contributed by atoms with E-state index in [1.807, 2.05) is 41.5 Å². The van der Waals surface area contributed by atoms with Crippen molar-refractivity contribution in [3.63, 3.8) is 0 Å². The molecule has 4 nitrogen and oxygen atoms in total. The molecule has 2 aliphatic heterocycles. The summed E-state index contributed by atoms with van der Waals surface area (Å²) in [7, 11) is 0. The van der Waals surface area contributed by atoms with E-state index in [0.29, 0.717) is 0 Å². The van der Waals surface area contributed by atoms with Gasteiger partial charge >= 0.3 is 0 Å². The molecular formula is C21H16FN3O. The van der Waals surface area contributed by atoms with Gasteiger partial charge in [-0.15, -0.1) is 0 Å². The Morgan fingerprint density at radius 1 is 1.00 bits per heavy atom. The number of para-hydroxylation sites is 1. The Kier molecular flexibility index (Phi) is 3.45. The van der Waals surface area contributed by atoms with Crippen LogP contribution < -0.4 is 4.74 Å². The first-order valence-electron chi connectivity index (χ1n) is 8.57. The molecule has 3 heterocycles. The highest BCUT2D eigenvalue weighted by molar-refractivity contribution is 6.01. The number of pyridine rings is 1. The number of hydrogen-bond acceptors (Lipinski definition) is 4. The molecule has 0 saturated carbocycles. The molecule has 5 rings (SSSR count). The molecule has 2 aliphatic rings. The third-order valence-corrected chi connectivity index (χ3v) is 4.85. The van der Waals surface area contributed by atoms with Crippen LogP contribution in [0.4, 0.5) is 4.39 Å². The molecule has 0 amide bonds. The highest BCUT2D eigenvalue weighted by Crippen LogP contribution is 2.47. The van der Waals surface area contributed by atoms with Gasteiger partial charge in [0, 0.05) is 35.5 Å². The number of halogens is 1. The molecule has 0 radical (unpaired) electrons. The molecule has 2 atom stereocenters. The third kappa shape index (κ3) is 2.44. The van der Waals surface area contributed by atoms with Crippen molar-refractivity contribution in [3.05, 3.63) is 95.6 Å². The van der Waals surface area contributed by atoms with Crippen molar-refractivity contribution in [1.29, 1.82) is 0 Å². The molecule has 0 aliphatic carbocycles. The van der Waals surface area contributed by atoms with Crippen LogP contribution in [-0.2, 0) is 0 Å². The van der Waals surface area contributed by atoms with E-state index in [0.717, 1.165) is 34.6 Å². The van der Waals surface area contributed by atoms with Crippen LogP contribution in [0, 0.1) is 5.82 Å². The number of nitrogens with zero attached hydrogens (tertiary/aromatic N) is 3. The van der Waals surface area contributed by atoms with E-state index in [-0.39, 0.29) is 18.1 Å². The van der Waals surface area contributed by atoms with Gasteiger partial charge in [0.2, 0.25) is 6.23 Å². The van der Waals surface area contributed by atoms with E-state index >= 15 is 0 Å². The van der Waals surface area contributed by atoms with Crippen molar-refractivity contribution in [2.75, 3.05) is 0 Å². The Balaban J connectivity index is 1.60. The Hall–Kier alpha value is -3.21. The zero-order valence-corrected chi connectivity index (χ0v) is 13.9. The van der Waals surface area contributed by atoms with Crippen molar-refractivity contribution < 1.29 is 9.13 Å². The largest absolute Gasteiger partial charge is 0.464 e. The lowest BCUT2D eigenvalue weighted by Crippen LogP contribution is -2.33. The van der Waals surface area contributed by atoms with Gasteiger partial charge in [0.05, 0.1) is 11.8 Å². The lowest BCUT2D eigenvalue weighted by molar-refractivity contribution is -0.0190. The summed E-state index contributed by atoms with van der Waals surface area (Å²) in [6, 6.07) is 18.5. The van der Waals surface area contributed by atoms with Gasteiger partial charge in [-0.3, -0.25) is 4.98 Å². The average molecular weight is 345 g/mol. The summed E-state index contributed by atoms with van der Waals surface area (Å²) in [5.74, 6) is 0.591. The zero-order chi connectivity index (χ0) is 17.5. The van der Waals surface area contributed by atoms with E-state index in [1.165, 1.54) is 12.1 Å². The summed E-state index contributed by atoms with van der Waals surface area (Å²) in [4.78, 5) is 4.21. The van der Waals surface area contributed by atoms with Gasteiger partial charge in [-0.1, -0.05) is 36.4 Å². The van der Waals surface area contributed by atoms with Crippen LogP contribution in [0.2, 0.25) is 0 Å². The quantitative estimate of drug-likeness (QED) is 0.688. The molecule has 5 heteroatoms. The molecule has 0 spiro atoms. The van der Waals surface area contributed by atoms with E-state index in [1.54, 1.807) is 18.3 Å². The van der Waals surface area contributed by atoms with Crippen LogP contribution in [0.15, 0.2) is 78.2 Å². The van der Waals surface area contributed by atoms with Gasteiger partial charge in [-0.25, -0.2) is 9.40 Å². The first-order chi connectivity index (χ1) is 12.8. The van der Waals surface area contributed by atoms with Crippen LogP contribution in [0.1, 0.15) is 35.4 Å². The third-order valence-electron chi connectivity index (χ3n) is 4.85. The maximum atomic E-state index is 13.4. The Bertz CT molecular complexity index is 972. The number of hydrazone groups is 1. The van der Waals surface area contributed by atoms with Gasteiger partial charge in [0.1, 0.15) is 11.6 Å². The van der Waals surface area contributed by atoms with Crippen molar-refractivity contribution in [3.8, 4) is 5.75 Å². The second kappa shape index (κ2) is 5.95. The molecule has 0 bridgehead atoms. The predicted octanol–water partition coefficient (Wildman–Crippen LogP) is 4.46. The molecule has 2 aromatic carbocycles. The normalized spacial score (nSPS) is 20.8. The number of fused-ring (bicyclic) bond motifs is 3. The summed E-state index contributed by atoms with van der Waals surface area (Å²) in [5, 5.41) is 6.83. The minimum atomic E-state index is -0.385. The number of benzene rings is 2. The number of ether oxygens (including phenoxy) is 1. The van der Waals surface area contributed by atoms with Gasteiger partial charge < -0.3 is 4.74 Å². The van der Waals surface area contributed by atoms with Crippen LogP contribution in [0.25, 0.3) is 0 Å². The van der Waals surface area contributed by atoms with Crippen LogP contribution >= 0.6 is 0 Å². The van der Waals surface area contributed by atoms with Crippen molar-refractivity contribution in [2.45, 2.75) is 18.7 Å². The summed E-state index contributed by atoms with van der Waals surface area (Å²) in [6.07, 6.45) is 3.98. The van der Waals surface area contributed by atoms with Crippen molar-refractivity contribution in [2.24, 2.45) is 5.10 Å². The van der Waals surface area contributed by atoms with E-state index in [2.05, 4.69) is 11.1 Å². The topological polar surface area (TPSA) is 37.7 Å². The Morgan fingerprint density at radius 2 is 1.85 bits per heavy atom. The van der Waals surface area contributed by atoms with Gasteiger partial charge in [-0.2, -0.15) is 5.10 Å².